The number of nitrogens with zero attached hydrogens (tertiary/aromatic N) is 1. The van der Waals surface area contributed by atoms with Crippen LogP contribution in [0.15, 0.2) is 42.5 Å². The van der Waals surface area contributed by atoms with E-state index >= 15 is 0 Å². The van der Waals surface area contributed by atoms with E-state index in [0.29, 0.717) is 11.7 Å². The van der Waals surface area contributed by atoms with E-state index in [1.54, 1.807) is 0 Å². The lowest BCUT2D eigenvalue weighted by atomic mass is 10.0. The molecule has 1 aliphatic heterocycles. The van der Waals surface area contributed by atoms with Crippen LogP contribution in [-0.4, -0.2) is 35.5 Å². The summed E-state index contributed by atoms with van der Waals surface area (Å²) < 4.78 is 5.63. The Morgan fingerprint density at radius 2 is 1.72 bits per heavy atom. The molecule has 32 heavy (non-hydrogen) atoms. The van der Waals surface area contributed by atoms with Crippen molar-refractivity contribution in [3.05, 3.63) is 64.7 Å². The number of anilines is 1. The van der Waals surface area contributed by atoms with Gasteiger partial charge in [0.05, 0.1) is 24.0 Å². The minimum Gasteiger partial charge on any atom is -0.458 e. The molecule has 166 valence electrons. The normalized spacial score (nSPS) is 17.9. The highest BCUT2D eigenvalue weighted by Gasteiger charge is 2.71. The summed E-state index contributed by atoms with van der Waals surface area (Å²) in [5, 5.41) is 12.0. The summed E-state index contributed by atoms with van der Waals surface area (Å²) in [6, 6.07) is 15.5. The zero-order chi connectivity index (χ0) is 22.8. The molecule has 1 N–H and O–H groups in total. The summed E-state index contributed by atoms with van der Waals surface area (Å²) in [7, 11) is -1.79. The second kappa shape index (κ2) is 9.04. The summed E-state index contributed by atoms with van der Waals surface area (Å²) in [5.41, 5.74) is 4.16. The molecule has 6 heteroatoms. The van der Waals surface area contributed by atoms with E-state index in [1.807, 2.05) is 56.3 Å². The molecule has 2 fully saturated rings. The molecule has 1 saturated carbocycles. The molecule has 4 rings (SSSR count). The van der Waals surface area contributed by atoms with Crippen LogP contribution in [-0.2, 0) is 20.9 Å². The maximum absolute atomic E-state index is 13.6. The van der Waals surface area contributed by atoms with Crippen LogP contribution in [0.25, 0.3) is 0 Å². The summed E-state index contributed by atoms with van der Waals surface area (Å²) in [6.07, 6.45) is 6.27. The molecule has 1 heterocycles. The largest absolute Gasteiger partial charge is 0.458 e. The number of hydrogen-bond donors (Lipinski definition) is 1. The highest BCUT2D eigenvalue weighted by atomic mass is 31.2. The number of aryl methyl sites for hydroxylation is 2. The minimum absolute atomic E-state index is 0.0551. The summed E-state index contributed by atoms with van der Waals surface area (Å²) in [4.78, 5) is 26.5. The van der Waals surface area contributed by atoms with Crippen molar-refractivity contribution >= 4 is 24.8 Å². The fourth-order valence-electron chi connectivity index (χ4n) is 5.20. The number of carbonyl (C=O) groups is 2. The van der Waals surface area contributed by atoms with Gasteiger partial charge in [-0.2, -0.15) is 5.26 Å². The number of nitriles is 1. The van der Waals surface area contributed by atoms with Crippen LogP contribution in [0.3, 0.4) is 0 Å². The van der Waals surface area contributed by atoms with E-state index in [1.165, 1.54) is 0 Å². The lowest BCUT2D eigenvalue weighted by Crippen LogP contribution is -2.36. The van der Waals surface area contributed by atoms with E-state index < -0.39 is 12.4 Å². The minimum atomic E-state index is -1.79. The number of nitrogens with one attached hydrogen (secondary N) is 1. The number of rotatable bonds is 7. The number of hydrogen-bond acceptors (Lipinski definition) is 4. The summed E-state index contributed by atoms with van der Waals surface area (Å²) in [6.45, 7) is 4.12. The fourth-order valence-corrected chi connectivity index (χ4v) is 10.7. The van der Waals surface area contributed by atoms with Gasteiger partial charge in [0.2, 0.25) is 0 Å². The molecule has 1 aliphatic carbocycles. The van der Waals surface area contributed by atoms with Crippen molar-refractivity contribution in [3.63, 3.8) is 0 Å². The van der Waals surface area contributed by atoms with Crippen molar-refractivity contribution in [2.75, 3.05) is 23.8 Å². The first-order valence-corrected chi connectivity index (χ1v) is 13.6. The molecule has 2 aromatic rings. The Hall–Kier alpha value is -2.70. The monoisotopic (exact) mass is 449 g/mol. The second-order valence-corrected chi connectivity index (χ2v) is 13.5. The van der Waals surface area contributed by atoms with Gasteiger partial charge in [0.25, 0.3) is 5.91 Å². The van der Waals surface area contributed by atoms with Crippen LogP contribution in [0.5, 0.6) is 0 Å². The average Bonchev–Trinajstić information content (AvgIpc) is 3.49. The first-order valence-electron chi connectivity index (χ1n) is 11.3. The second-order valence-electron chi connectivity index (χ2n) is 9.19. The highest BCUT2D eigenvalue weighted by molar-refractivity contribution is 7.79. The Bertz CT molecular complexity index is 1040. The summed E-state index contributed by atoms with van der Waals surface area (Å²) in [5.74, 6) is -0.117. The SMILES string of the molecule is Cc1cc(C#N)cc(C)c1NC(=O)C1([P+]2(CC(=O)OCc3ccccc3)CCCC2)CC1. The van der Waals surface area contributed by atoms with Gasteiger partial charge < -0.3 is 10.1 Å². The molecule has 1 amide bonds. The lowest BCUT2D eigenvalue weighted by Gasteiger charge is -2.30. The van der Waals surface area contributed by atoms with Gasteiger partial charge in [0.1, 0.15) is 6.61 Å². The molecule has 5 nitrogen and oxygen atoms in total. The zero-order valence-corrected chi connectivity index (χ0v) is 19.7. The zero-order valence-electron chi connectivity index (χ0n) is 18.8. The molecule has 0 bridgehead atoms. The standard InChI is InChI=1S/C26H29N2O3P/c1-19-14-22(16-27)15-20(2)24(19)28-25(30)26(10-11-26)32(12-6-7-13-32)18-23(29)31-17-21-8-4-3-5-9-21/h3-5,8-9,14-15H,6-7,10-13,17-18H2,1-2H3/p+1. The molecular weight excluding hydrogens is 419 g/mol. The Labute approximate surface area is 190 Å². The van der Waals surface area contributed by atoms with Gasteiger partial charge in [0.15, 0.2) is 11.3 Å². The highest BCUT2D eigenvalue weighted by Crippen LogP contribution is 2.80. The number of carbonyl (C=O) groups excluding carboxylic acids is 2. The van der Waals surface area contributed by atoms with Crippen molar-refractivity contribution in [2.45, 2.75) is 51.3 Å². The van der Waals surface area contributed by atoms with E-state index in [4.69, 9.17) is 4.74 Å². The topological polar surface area (TPSA) is 79.2 Å². The van der Waals surface area contributed by atoms with Gasteiger partial charge in [-0.05, 0) is 55.5 Å². The van der Waals surface area contributed by atoms with Gasteiger partial charge in [-0.25, -0.2) is 4.79 Å². The van der Waals surface area contributed by atoms with Gasteiger partial charge in [-0.1, -0.05) is 30.3 Å². The van der Waals surface area contributed by atoms with Gasteiger partial charge >= 0.3 is 5.97 Å². The molecule has 2 aliphatic rings. The van der Waals surface area contributed by atoms with Crippen molar-refractivity contribution in [1.82, 2.24) is 0 Å². The fraction of sp³-hybridized carbons (Fsp3) is 0.423. The third-order valence-corrected chi connectivity index (χ3v) is 12.7. The van der Waals surface area contributed by atoms with Crippen LogP contribution in [0, 0.1) is 25.2 Å². The lowest BCUT2D eigenvalue weighted by molar-refractivity contribution is -0.141. The van der Waals surface area contributed by atoms with Gasteiger partial charge in [-0.15, -0.1) is 0 Å². The predicted octanol–water partition coefficient (Wildman–Crippen LogP) is 5.20. The number of ether oxygens (including phenoxy) is 1. The number of benzene rings is 2. The molecular formula is C26H30N2O3P+. The Kier molecular flexibility index (Phi) is 6.35. The van der Waals surface area contributed by atoms with E-state index in [0.717, 1.165) is 60.4 Å². The van der Waals surface area contributed by atoms with Crippen molar-refractivity contribution in [3.8, 4) is 6.07 Å². The summed E-state index contributed by atoms with van der Waals surface area (Å²) >= 11 is 0. The first-order chi connectivity index (χ1) is 15.4. The molecule has 0 atom stereocenters. The molecule has 0 spiro atoms. The van der Waals surface area contributed by atoms with E-state index in [9.17, 15) is 14.9 Å². The Morgan fingerprint density at radius 3 is 2.28 bits per heavy atom. The number of amides is 1. The molecule has 0 radical (unpaired) electrons. The quantitative estimate of drug-likeness (QED) is 0.465. The third kappa shape index (κ3) is 4.30. The molecule has 1 saturated heterocycles. The number of esters is 1. The molecule has 2 aromatic carbocycles. The average molecular weight is 450 g/mol. The smallest absolute Gasteiger partial charge is 0.344 e. The van der Waals surface area contributed by atoms with Crippen LogP contribution in [0.4, 0.5) is 5.69 Å². The van der Waals surface area contributed by atoms with Crippen molar-refractivity contribution < 1.29 is 14.3 Å². The maximum Gasteiger partial charge on any atom is 0.344 e. The van der Waals surface area contributed by atoms with Crippen LogP contribution < -0.4 is 5.32 Å². The van der Waals surface area contributed by atoms with Gasteiger partial charge in [-0.3, -0.25) is 4.79 Å². The van der Waals surface area contributed by atoms with Crippen molar-refractivity contribution in [2.24, 2.45) is 0 Å². The molecule has 0 unspecified atom stereocenters. The van der Waals surface area contributed by atoms with Crippen molar-refractivity contribution in [1.29, 1.82) is 5.26 Å². The first kappa shape index (κ1) is 22.5. The van der Waals surface area contributed by atoms with Crippen LogP contribution in [0.2, 0.25) is 0 Å². The third-order valence-electron chi connectivity index (χ3n) is 7.05. The van der Waals surface area contributed by atoms with E-state index in [2.05, 4.69) is 11.4 Å². The van der Waals surface area contributed by atoms with Crippen LogP contribution in [0.1, 0.15) is 47.9 Å². The maximum atomic E-state index is 13.6. The van der Waals surface area contributed by atoms with Gasteiger partial charge in [0, 0.05) is 25.8 Å². The van der Waals surface area contributed by atoms with E-state index in [-0.39, 0.29) is 18.5 Å². The Morgan fingerprint density at radius 1 is 1.09 bits per heavy atom. The Balaban J connectivity index is 1.50. The molecule has 0 aromatic heterocycles. The predicted molar refractivity (Wildman–Crippen MR) is 128 cm³/mol. The van der Waals surface area contributed by atoms with Crippen LogP contribution >= 0.6 is 7.26 Å².